The minimum Gasteiger partial charge on any atom is -0.482 e. The molecule has 17 nitrogen and oxygen atoms in total. The highest BCUT2D eigenvalue weighted by molar-refractivity contribution is 5.96. The van der Waals surface area contributed by atoms with Gasteiger partial charge in [0.2, 0.25) is 11.8 Å². The Hall–Kier alpha value is -6.23. The number of fused-ring (bicyclic) bond motifs is 5. The second kappa shape index (κ2) is 17.6. The summed E-state index contributed by atoms with van der Waals surface area (Å²) in [5.41, 5.74) is 7.41. The van der Waals surface area contributed by atoms with Crippen molar-refractivity contribution in [2.75, 3.05) is 41.0 Å². The lowest BCUT2D eigenvalue weighted by molar-refractivity contribution is -0.136. The Morgan fingerprint density at radius 1 is 0.855 bits per heavy atom. The summed E-state index contributed by atoms with van der Waals surface area (Å²) in [6.07, 6.45) is 5.13. The first kappa shape index (κ1) is 42.5. The van der Waals surface area contributed by atoms with Crippen LogP contribution in [0.15, 0.2) is 48.8 Å². The van der Waals surface area contributed by atoms with Crippen molar-refractivity contribution in [2.24, 2.45) is 11.8 Å². The van der Waals surface area contributed by atoms with Gasteiger partial charge >= 0.3 is 12.2 Å². The zero-order valence-corrected chi connectivity index (χ0v) is 36.3. The standard InChI is InChI=1S/C45H57N9O8/c1-23(2)37(51-44(57)60-6)42(55)53-16-8-10-32(53)40-46-20-30(49-40)25-13-15-29-28(18-25)36-35(22-59-5)62-34-19-26(12-14-27(34)39(36)48-29)31-21-47-41(50-31)33-11-9-17-54(33)43(56)38(24(3)4)52-45(58)61-7/h12-15,18-21,23-24,32-33,35,37-38,41,47-48,50H,8-11,16-17,22H2,1-7H3,(H,46,49)(H,51,57)(H,52,58)/t32-,33-,35?,37?,38?,41?/m0/s1. The van der Waals surface area contributed by atoms with Crippen molar-refractivity contribution in [2.45, 2.75) is 89.8 Å². The average molecular weight is 852 g/mol. The van der Waals surface area contributed by atoms with Crippen molar-refractivity contribution in [3.05, 3.63) is 65.7 Å². The third-order valence-electron chi connectivity index (χ3n) is 12.5. The highest BCUT2D eigenvalue weighted by atomic mass is 16.5. The molecule has 6 heterocycles. The van der Waals surface area contributed by atoms with Crippen LogP contribution in [0.4, 0.5) is 9.59 Å². The zero-order valence-electron chi connectivity index (χ0n) is 36.3. The smallest absolute Gasteiger partial charge is 0.407 e. The Morgan fingerprint density at radius 2 is 1.53 bits per heavy atom. The molecule has 0 bridgehead atoms. The lowest BCUT2D eigenvalue weighted by atomic mass is 9.95. The minimum absolute atomic E-state index is 0.112. The largest absolute Gasteiger partial charge is 0.482 e. The van der Waals surface area contributed by atoms with E-state index in [-0.39, 0.29) is 41.9 Å². The molecule has 330 valence electrons. The van der Waals surface area contributed by atoms with Crippen LogP contribution >= 0.6 is 0 Å². The van der Waals surface area contributed by atoms with Crippen LogP contribution in [-0.2, 0) is 23.8 Å². The van der Waals surface area contributed by atoms with E-state index in [0.717, 1.165) is 81.7 Å². The number of nitrogens with one attached hydrogen (secondary N) is 6. The molecule has 4 unspecified atom stereocenters. The molecule has 17 heteroatoms. The van der Waals surface area contributed by atoms with E-state index in [2.05, 4.69) is 55.5 Å². The maximum atomic E-state index is 13.7. The Balaban J connectivity index is 1.01. The first-order valence-electron chi connectivity index (χ1n) is 21.4. The second-order valence-corrected chi connectivity index (χ2v) is 17.1. The monoisotopic (exact) mass is 851 g/mol. The fraction of sp³-hybridized carbons (Fsp3) is 0.489. The molecule has 4 aliphatic heterocycles. The number of aromatic amines is 2. The van der Waals surface area contributed by atoms with Gasteiger partial charge in [0.15, 0.2) is 0 Å². The number of ether oxygens (including phenoxy) is 4. The van der Waals surface area contributed by atoms with Gasteiger partial charge in [-0.15, -0.1) is 0 Å². The number of hydrogen-bond donors (Lipinski definition) is 6. The lowest BCUT2D eigenvalue weighted by Gasteiger charge is -2.34. The zero-order chi connectivity index (χ0) is 43.8. The van der Waals surface area contributed by atoms with E-state index in [1.54, 1.807) is 18.2 Å². The lowest BCUT2D eigenvalue weighted by Crippen LogP contribution is -2.57. The number of nitrogens with zero attached hydrogens (tertiary/aromatic N) is 3. The number of alkyl carbamates (subject to hydrolysis) is 2. The van der Waals surface area contributed by atoms with Crippen LogP contribution in [0, 0.1) is 11.8 Å². The van der Waals surface area contributed by atoms with Gasteiger partial charge in [-0.25, -0.2) is 14.6 Å². The van der Waals surface area contributed by atoms with Crippen LogP contribution in [0.1, 0.15) is 82.5 Å². The topological polar surface area (TPSA) is 204 Å². The summed E-state index contributed by atoms with van der Waals surface area (Å²) in [6, 6.07) is 10.6. The normalized spacial score (nSPS) is 21.4. The van der Waals surface area contributed by atoms with Crippen molar-refractivity contribution in [1.29, 1.82) is 0 Å². The number of carbonyl (C=O) groups is 4. The van der Waals surface area contributed by atoms with Crippen LogP contribution in [-0.4, -0.2) is 114 Å². The minimum atomic E-state index is -0.714. The van der Waals surface area contributed by atoms with E-state index in [4.69, 9.17) is 23.9 Å². The number of likely N-dealkylation sites (tertiary alicyclic amines) is 2. The van der Waals surface area contributed by atoms with E-state index in [9.17, 15) is 19.2 Å². The Kier molecular flexibility index (Phi) is 12.1. The van der Waals surface area contributed by atoms with Crippen LogP contribution in [0.5, 0.6) is 5.75 Å². The van der Waals surface area contributed by atoms with Gasteiger partial charge < -0.3 is 60.0 Å². The second-order valence-electron chi connectivity index (χ2n) is 17.1. The van der Waals surface area contributed by atoms with Crippen LogP contribution < -0.4 is 26.0 Å². The molecule has 6 N–H and O–H groups in total. The molecule has 2 fully saturated rings. The maximum absolute atomic E-state index is 13.7. The third kappa shape index (κ3) is 8.00. The SMILES string of the molecule is COCC1Oc2cc(C3=CNC([C@@H]4CCCN4C(=O)C(NC(=O)OC)C(C)C)N3)ccc2-c2[nH]c3ccc(-c4cnc([C@@H]5CCCN5C(=O)C(NC(=O)OC)C(C)C)[nH]4)cc3c21. The number of H-pyrrole nitrogens is 2. The molecule has 0 spiro atoms. The summed E-state index contributed by atoms with van der Waals surface area (Å²) in [7, 11) is 4.25. The van der Waals surface area contributed by atoms with Crippen LogP contribution in [0.3, 0.4) is 0 Å². The summed E-state index contributed by atoms with van der Waals surface area (Å²) in [5, 5.41) is 13.5. The van der Waals surface area contributed by atoms with Gasteiger partial charge in [0.25, 0.3) is 0 Å². The first-order valence-corrected chi connectivity index (χ1v) is 21.4. The fourth-order valence-electron chi connectivity index (χ4n) is 9.34. The van der Waals surface area contributed by atoms with E-state index in [0.29, 0.717) is 25.5 Å². The molecule has 6 atom stereocenters. The van der Waals surface area contributed by atoms with Crippen molar-refractivity contribution in [1.82, 2.24) is 46.0 Å². The number of imidazole rings is 1. The molecule has 8 rings (SSSR count). The predicted molar refractivity (Wildman–Crippen MR) is 231 cm³/mol. The molecular formula is C45H57N9O8. The molecule has 4 amide bonds. The van der Waals surface area contributed by atoms with Gasteiger partial charge in [-0.1, -0.05) is 39.8 Å². The summed E-state index contributed by atoms with van der Waals surface area (Å²) in [4.78, 5) is 67.2. The van der Waals surface area contributed by atoms with Crippen LogP contribution in [0.25, 0.3) is 39.1 Å². The van der Waals surface area contributed by atoms with E-state index in [1.807, 2.05) is 50.9 Å². The third-order valence-corrected chi connectivity index (χ3v) is 12.5. The van der Waals surface area contributed by atoms with Crippen molar-refractivity contribution >= 4 is 40.6 Å². The van der Waals surface area contributed by atoms with Crippen molar-refractivity contribution in [3.63, 3.8) is 0 Å². The van der Waals surface area contributed by atoms with Gasteiger partial charge in [-0.2, -0.15) is 0 Å². The Bertz CT molecular complexity index is 2370. The van der Waals surface area contributed by atoms with E-state index >= 15 is 0 Å². The highest BCUT2D eigenvalue weighted by Crippen LogP contribution is 2.47. The molecule has 4 aromatic rings. The molecule has 0 radical (unpaired) electrons. The fourth-order valence-corrected chi connectivity index (χ4v) is 9.34. The molecule has 2 aromatic heterocycles. The number of hydrogen-bond acceptors (Lipinski definition) is 11. The van der Waals surface area contributed by atoms with Gasteiger partial charge in [0, 0.05) is 59.6 Å². The molecule has 4 aliphatic rings. The summed E-state index contributed by atoms with van der Waals surface area (Å²) in [6.45, 7) is 9.12. The van der Waals surface area contributed by atoms with Gasteiger partial charge in [0.1, 0.15) is 35.9 Å². The van der Waals surface area contributed by atoms with Gasteiger partial charge in [-0.05, 0) is 61.8 Å². The molecular weight excluding hydrogens is 795 g/mol. The molecule has 0 aliphatic carbocycles. The summed E-state index contributed by atoms with van der Waals surface area (Å²) < 4.78 is 22.0. The highest BCUT2D eigenvalue weighted by Gasteiger charge is 2.41. The number of benzene rings is 2. The van der Waals surface area contributed by atoms with Crippen molar-refractivity contribution < 1.29 is 38.1 Å². The number of amides is 4. The Morgan fingerprint density at radius 3 is 2.23 bits per heavy atom. The number of aromatic nitrogens is 3. The predicted octanol–water partition coefficient (Wildman–Crippen LogP) is 5.54. The number of rotatable bonds is 12. The number of methoxy groups -OCH3 is 3. The van der Waals surface area contributed by atoms with Gasteiger partial charge in [-0.3, -0.25) is 9.59 Å². The first-order chi connectivity index (χ1) is 29.9. The molecule has 2 saturated heterocycles. The number of carbonyl (C=O) groups excluding carboxylic acids is 4. The summed E-state index contributed by atoms with van der Waals surface area (Å²) >= 11 is 0. The average Bonchev–Trinajstić information content (AvgIpc) is 4.12. The summed E-state index contributed by atoms with van der Waals surface area (Å²) in [5.74, 6) is 0.899. The van der Waals surface area contributed by atoms with E-state index in [1.165, 1.54) is 14.2 Å². The quantitative estimate of drug-likeness (QED) is 0.105. The maximum Gasteiger partial charge on any atom is 0.407 e. The Labute approximate surface area is 360 Å². The molecule has 62 heavy (non-hydrogen) atoms. The van der Waals surface area contributed by atoms with Crippen molar-refractivity contribution in [3.8, 4) is 28.3 Å². The van der Waals surface area contributed by atoms with E-state index < -0.39 is 30.4 Å². The van der Waals surface area contributed by atoms with Crippen LogP contribution in [0.2, 0.25) is 0 Å². The molecule has 0 saturated carbocycles. The molecule has 2 aromatic carbocycles. The van der Waals surface area contributed by atoms with Gasteiger partial charge in [0.05, 0.1) is 56.2 Å².